The number of hydrogen-bond donors (Lipinski definition) is 1. The van der Waals surface area contributed by atoms with E-state index in [0.29, 0.717) is 19.3 Å². The van der Waals surface area contributed by atoms with Crippen molar-refractivity contribution in [1.29, 1.82) is 0 Å². The summed E-state index contributed by atoms with van der Waals surface area (Å²) in [6.07, 6.45) is 16.1. The third-order valence-corrected chi connectivity index (χ3v) is 6.76. The first-order valence-electron chi connectivity index (χ1n) is 15.1. The van der Waals surface area contributed by atoms with Crippen molar-refractivity contribution in [3.8, 4) is 0 Å². The summed E-state index contributed by atoms with van der Waals surface area (Å²) in [7, 11) is 5.49. The van der Waals surface area contributed by atoms with E-state index in [4.69, 9.17) is 14.2 Å². The zero-order valence-corrected chi connectivity index (χ0v) is 25.1. The molecular weight excluding hydrogens is 486 g/mol. The molecule has 0 aliphatic rings. The summed E-state index contributed by atoms with van der Waals surface area (Å²) in [5, 5.41) is 9.49. The van der Waals surface area contributed by atoms with E-state index >= 15 is 0 Å². The van der Waals surface area contributed by atoms with Crippen molar-refractivity contribution in [2.45, 2.75) is 135 Å². The standard InChI is InChI=1S/C30H57NO7/c1-6-8-10-12-13-14-15-17-19-21-29(33)38-26(25-37-28(32)20-18-16-11-9-7-2)24-36-23-22-27(30(34)35)31(3,4)5/h26-27H,6-25H2,1-5H3/p+1. The van der Waals surface area contributed by atoms with Crippen LogP contribution in [0.4, 0.5) is 0 Å². The van der Waals surface area contributed by atoms with Crippen LogP contribution >= 0.6 is 0 Å². The van der Waals surface area contributed by atoms with Crippen LogP contribution in [0.3, 0.4) is 0 Å². The molecule has 0 aliphatic heterocycles. The third-order valence-electron chi connectivity index (χ3n) is 6.76. The predicted molar refractivity (Wildman–Crippen MR) is 151 cm³/mol. The van der Waals surface area contributed by atoms with Gasteiger partial charge in [-0.3, -0.25) is 9.59 Å². The molecule has 0 fully saturated rings. The van der Waals surface area contributed by atoms with E-state index in [1.54, 1.807) is 0 Å². The SMILES string of the molecule is CCCCCCCCCCCC(=O)OC(COCCC(C(=O)O)[N+](C)(C)C)COC(=O)CCCCCCC. The van der Waals surface area contributed by atoms with Gasteiger partial charge in [0.1, 0.15) is 6.61 Å². The van der Waals surface area contributed by atoms with E-state index in [1.165, 1.54) is 44.9 Å². The number of carbonyl (C=O) groups is 3. The molecule has 0 aromatic rings. The molecule has 0 aliphatic carbocycles. The largest absolute Gasteiger partial charge is 0.477 e. The van der Waals surface area contributed by atoms with Crippen LogP contribution in [-0.4, -0.2) is 80.6 Å². The van der Waals surface area contributed by atoms with E-state index in [1.807, 2.05) is 21.1 Å². The molecule has 1 N–H and O–H groups in total. The number of quaternary nitrogens is 1. The summed E-state index contributed by atoms with van der Waals surface area (Å²) in [4.78, 5) is 36.2. The number of likely N-dealkylation sites (N-methyl/N-ethyl adjacent to an activating group) is 1. The van der Waals surface area contributed by atoms with Crippen LogP contribution in [0, 0.1) is 0 Å². The van der Waals surface area contributed by atoms with Crippen molar-refractivity contribution in [3.63, 3.8) is 0 Å². The zero-order valence-electron chi connectivity index (χ0n) is 25.1. The Morgan fingerprint density at radius 1 is 0.684 bits per heavy atom. The summed E-state index contributed by atoms with van der Waals surface area (Å²) < 4.78 is 16.9. The normalized spacial score (nSPS) is 13.2. The van der Waals surface area contributed by atoms with Gasteiger partial charge in [0.15, 0.2) is 12.1 Å². The molecule has 0 aromatic heterocycles. The van der Waals surface area contributed by atoms with Gasteiger partial charge in [0.25, 0.3) is 0 Å². The van der Waals surface area contributed by atoms with Gasteiger partial charge in [-0.15, -0.1) is 0 Å². The summed E-state index contributed by atoms with van der Waals surface area (Å²) >= 11 is 0. The smallest absolute Gasteiger partial charge is 0.362 e. The molecule has 0 heterocycles. The lowest BCUT2D eigenvalue weighted by Crippen LogP contribution is -2.50. The van der Waals surface area contributed by atoms with E-state index in [0.717, 1.165) is 44.9 Å². The van der Waals surface area contributed by atoms with E-state index in [-0.39, 0.29) is 36.2 Å². The van der Waals surface area contributed by atoms with Crippen LogP contribution in [0.1, 0.15) is 123 Å². The highest BCUT2D eigenvalue weighted by Gasteiger charge is 2.31. The van der Waals surface area contributed by atoms with Gasteiger partial charge < -0.3 is 23.8 Å². The highest BCUT2D eigenvalue weighted by atomic mass is 16.6. The number of carbonyl (C=O) groups excluding carboxylic acids is 2. The van der Waals surface area contributed by atoms with Gasteiger partial charge in [-0.2, -0.15) is 0 Å². The van der Waals surface area contributed by atoms with Gasteiger partial charge >= 0.3 is 17.9 Å². The number of unbranched alkanes of at least 4 members (excludes halogenated alkanes) is 12. The summed E-state index contributed by atoms with van der Waals surface area (Å²) in [6, 6.07) is -0.604. The Kier molecular flexibility index (Phi) is 22.2. The van der Waals surface area contributed by atoms with Gasteiger partial charge in [-0.1, -0.05) is 90.9 Å². The molecule has 0 amide bonds. The van der Waals surface area contributed by atoms with Gasteiger partial charge in [0.2, 0.25) is 0 Å². The summed E-state index contributed by atoms with van der Waals surface area (Å²) in [5.74, 6) is -1.48. The van der Waals surface area contributed by atoms with E-state index in [2.05, 4.69) is 13.8 Å². The van der Waals surface area contributed by atoms with E-state index in [9.17, 15) is 19.5 Å². The van der Waals surface area contributed by atoms with Crippen molar-refractivity contribution in [2.75, 3.05) is 41.0 Å². The molecule has 8 heteroatoms. The fourth-order valence-corrected chi connectivity index (χ4v) is 4.32. The minimum absolute atomic E-state index is 0.0466. The Balaban J connectivity index is 4.51. The minimum atomic E-state index is -0.877. The van der Waals surface area contributed by atoms with Crippen molar-refractivity contribution >= 4 is 17.9 Å². The van der Waals surface area contributed by atoms with Gasteiger partial charge in [0, 0.05) is 19.3 Å². The third kappa shape index (κ3) is 21.3. The van der Waals surface area contributed by atoms with Crippen molar-refractivity contribution in [1.82, 2.24) is 0 Å². The highest BCUT2D eigenvalue weighted by molar-refractivity contribution is 5.72. The predicted octanol–water partition coefficient (Wildman–Crippen LogP) is 6.29. The molecule has 0 aromatic carbocycles. The number of rotatable bonds is 26. The lowest BCUT2D eigenvalue weighted by atomic mass is 10.1. The molecule has 38 heavy (non-hydrogen) atoms. The second kappa shape index (κ2) is 23.2. The van der Waals surface area contributed by atoms with Crippen LogP contribution in [0.5, 0.6) is 0 Å². The first-order chi connectivity index (χ1) is 18.1. The Hall–Kier alpha value is -1.67. The number of carboxylic acids is 1. The number of ether oxygens (including phenoxy) is 3. The Labute approximate surface area is 232 Å². The Bertz CT molecular complexity index is 618. The molecule has 0 saturated heterocycles. The molecular formula is C30H58NO7+. The van der Waals surface area contributed by atoms with Gasteiger partial charge in [-0.05, 0) is 12.8 Å². The maximum absolute atomic E-state index is 12.4. The topological polar surface area (TPSA) is 99.1 Å². The zero-order chi connectivity index (χ0) is 28.7. The molecule has 0 spiro atoms. The van der Waals surface area contributed by atoms with Gasteiger partial charge in [0.05, 0.1) is 34.4 Å². The molecule has 0 rings (SSSR count). The first kappa shape index (κ1) is 36.3. The van der Waals surface area contributed by atoms with Crippen molar-refractivity contribution in [3.05, 3.63) is 0 Å². The second-order valence-corrected chi connectivity index (χ2v) is 11.4. The molecule has 2 unspecified atom stereocenters. The lowest BCUT2D eigenvalue weighted by Gasteiger charge is -2.31. The maximum atomic E-state index is 12.4. The fraction of sp³-hybridized carbons (Fsp3) is 0.900. The van der Waals surface area contributed by atoms with Crippen LogP contribution in [0.2, 0.25) is 0 Å². The van der Waals surface area contributed by atoms with E-state index < -0.39 is 18.1 Å². The molecule has 0 radical (unpaired) electrons. The number of hydrogen-bond acceptors (Lipinski definition) is 6. The maximum Gasteiger partial charge on any atom is 0.362 e. The fourth-order valence-electron chi connectivity index (χ4n) is 4.32. The van der Waals surface area contributed by atoms with Crippen LogP contribution in [0.25, 0.3) is 0 Å². The minimum Gasteiger partial charge on any atom is -0.477 e. The number of esters is 2. The van der Waals surface area contributed by atoms with Gasteiger partial charge in [-0.25, -0.2) is 4.79 Å². The lowest BCUT2D eigenvalue weighted by molar-refractivity contribution is -0.887. The average molecular weight is 545 g/mol. The summed E-state index contributed by atoms with van der Waals surface area (Å²) in [5.41, 5.74) is 0. The highest BCUT2D eigenvalue weighted by Crippen LogP contribution is 2.13. The number of aliphatic carboxylic acids is 1. The Morgan fingerprint density at radius 3 is 1.63 bits per heavy atom. The van der Waals surface area contributed by atoms with Crippen molar-refractivity contribution < 1.29 is 38.2 Å². The number of carboxylic acid groups (broad SMARTS) is 1. The molecule has 0 saturated carbocycles. The molecule has 224 valence electrons. The molecule has 8 nitrogen and oxygen atoms in total. The second-order valence-electron chi connectivity index (χ2n) is 11.4. The summed E-state index contributed by atoms with van der Waals surface area (Å²) in [6.45, 7) is 4.60. The van der Waals surface area contributed by atoms with Crippen molar-refractivity contribution in [2.24, 2.45) is 0 Å². The first-order valence-corrected chi connectivity index (χ1v) is 15.1. The van der Waals surface area contributed by atoms with Crippen LogP contribution < -0.4 is 0 Å². The quantitative estimate of drug-likeness (QED) is 0.0776. The molecule has 2 atom stereocenters. The molecule has 0 bridgehead atoms. The van der Waals surface area contributed by atoms with Crippen LogP contribution in [0.15, 0.2) is 0 Å². The van der Waals surface area contributed by atoms with Crippen LogP contribution in [-0.2, 0) is 28.6 Å². The monoisotopic (exact) mass is 544 g/mol. The Morgan fingerprint density at radius 2 is 1.16 bits per heavy atom. The number of nitrogens with zero attached hydrogens (tertiary/aromatic N) is 1. The average Bonchev–Trinajstić information content (AvgIpc) is 2.84.